The minimum absolute atomic E-state index is 0.108. The first kappa shape index (κ1) is 23.9. The second-order valence-electron chi connectivity index (χ2n) is 6.61. The molecule has 0 aliphatic rings. The van der Waals surface area contributed by atoms with E-state index in [9.17, 15) is 30.7 Å². The third-order valence-corrected chi connectivity index (χ3v) is 4.18. The quantitative estimate of drug-likeness (QED) is 0.268. The van der Waals surface area contributed by atoms with Crippen molar-refractivity contribution in [2.45, 2.75) is 12.5 Å². The summed E-state index contributed by atoms with van der Waals surface area (Å²) in [6.45, 7) is 0. The second-order valence-corrected chi connectivity index (χ2v) is 6.61. The average molecular weight is 468 g/mol. The summed E-state index contributed by atoms with van der Waals surface area (Å²) >= 11 is 0. The SMILES string of the molecule is Fc1ccc(/C=C/C=C(/c2ccc(OC(F)(F)F)cc2)C(F)(F)F)cc1Oc1ccccc1. The molecule has 0 saturated carbocycles. The summed E-state index contributed by atoms with van der Waals surface area (Å²) in [5, 5.41) is 0. The van der Waals surface area contributed by atoms with Crippen LogP contribution in [0.3, 0.4) is 0 Å². The summed E-state index contributed by atoms with van der Waals surface area (Å²) in [6.07, 6.45) is -6.56. The van der Waals surface area contributed by atoms with Crippen LogP contribution in [0, 0.1) is 5.82 Å². The highest BCUT2D eigenvalue weighted by Gasteiger charge is 2.35. The Morgan fingerprint density at radius 2 is 1.42 bits per heavy atom. The highest BCUT2D eigenvalue weighted by atomic mass is 19.4. The van der Waals surface area contributed by atoms with Crippen molar-refractivity contribution in [3.05, 3.63) is 102 Å². The largest absolute Gasteiger partial charge is 0.573 e. The van der Waals surface area contributed by atoms with Gasteiger partial charge in [0.1, 0.15) is 11.5 Å². The van der Waals surface area contributed by atoms with Crippen molar-refractivity contribution in [2.75, 3.05) is 0 Å². The molecule has 0 bridgehead atoms. The minimum atomic E-state index is -4.95. The normalized spacial score (nSPS) is 12.8. The van der Waals surface area contributed by atoms with Gasteiger partial charge >= 0.3 is 12.5 Å². The molecule has 0 saturated heterocycles. The molecule has 9 heteroatoms. The van der Waals surface area contributed by atoms with Gasteiger partial charge in [0.05, 0.1) is 5.57 Å². The predicted octanol–water partition coefficient (Wildman–Crippen LogP) is 8.18. The number of allylic oxidation sites excluding steroid dienone is 3. The molecule has 0 aliphatic carbocycles. The third kappa shape index (κ3) is 7.13. The first-order valence-electron chi connectivity index (χ1n) is 9.35. The fourth-order valence-corrected chi connectivity index (χ4v) is 2.76. The molecule has 0 unspecified atom stereocenters. The van der Waals surface area contributed by atoms with Crippen LogP contribution in [-0.2, 0) is 0 Å². The van der Waals surface area contributed by atoms with Gasteiger partial charge in [-0.2, -0.15) is 13.2 Å². The van der Waals surface area contributed by atoms with Gasteiger partial charge in [0.15, 0.2) is 11.6 Å². The fourth-order valence-electron chi connectivity index (χ4n) is 2.76. The Hall–Kier alpha value is -3.75. The van der Waals surface area contributed by atoms with Crippen molar-refractivity contribution in [1.29, 1.82) is 0 Å². The van der Waals surface area contributed by atoms with Gasteiger partial charge in [0, 0.05) is 0 Å². The summed E-state index contributed by atoms with van der Waals surface area (Å²) in [7, 11) is 0. The molecule has 0 radical (unpaired) electrons. The standard InChI is InChI=1S/C24H15F7O2/c25-21-14-9-16(15-22(21)32-18-6-2-1-3-7-18)5-4-8-20(23(26,27)28)17-10-12-19(13-11-17)33-24(29,30)31/h1-15H/b5-4+,20-8-. The number of hydrogen-bond acceptors (Lipinski definition) is 2. The van der Waals surface area contributed by atoms with E-state index in [-0.39, 0.29) is 11.3 Å². The van der Waals surface area contributed by atoms with Crippen molar-refractivity contribution < 1.29 is 40.2 Å². The van der Waals surface area contributed by atoms with Crippen LogP contribution in [0.2, 0.25) is 0 Å². The zero-order chi connectivity index (χ0) is 24.1. The number of alkyl halides is 6. The molecule has 2 nitrogen and oxygen atoms in total. The Balaban J connectivity index is 1.82. The Morgan fingerprint density at radius 1 is 0.758 bits per heavy atom. The van der Waals surface area contributed by atoms with Gasteiger partial charge in [0.2, 0.25) is 0 Å². The molecule has 0 fully saturated rings. The van der Waals surface area contributed by atoms with Crippen molar-refractivity contribution in [1.82, 2.24) is 0 Å². The molecule has 3 aromatic rings. The highest BCUT2D eigenvalue weighted by molar-refractivity contribution is 5.72. The van der Waals surface area contributed by atoms with E-state index >= 15 is 0 Å². The maximum Gasteiger partial charge on any atom is 0.573 e. The molecular weight excluding hydrogens is 453 g/mol. The zero-order valence-electron chi connectivity index (χ0n) is 16.6. The summed E-state index contributed by atoms with van der Waals surface area (Å²) in [6, 6.07) is 15.5. The molecule has 0 atom stereocenters. The lowest BCUT2D eigenvalue weighted by Gasteiger charge is -2.13. The van der Waals surface area contributed by atoms with E-state index in [2.05, 4.69) is 4.74 Å². The van der Waals surface area contributed by atoms with E-state index in [4.69, 9.17) is 4.74 Å². The number of halogens is 7. The van der Waals surface area contributed by atoms with Crippen LogP contribution in [0.5, 0.6) is 17.2 Å². The molecule has 0 aliphatic heterocycles. The molecule has 0 spiro atoms. The van der Waals surface area contributed by atoms with Crippen LogP contribution in [0.4, 0.5) is 30.7 Å². The zero-order valence-corrected chi connectivity index (χ0v) is 16.6. The first-order valence-corrected chi connectivity index (χ1v) is 9.35. The van der Waals surface area contributed by atoms with E-state index in [1.807, 2.05) is 0 Å². The summed E-state index contributed by atoms with van der Waals surface area (Å²) in [5.74, 6) is -1.01. The van der Waals surface area contributed by atoms with Gasteiger partial charge in [0.25, 0.3) is 0 Å². The van der Waals surface area contributed by atoms with Gasteiger partial charge < -0.3 is 9.47 Å². The van der Waals surface area contributed by atoms with Crippen LogP contribution < -0.4 is 9.47 Å². The van der Waals surface area contributed by atoms with Gasteiger partial charge in [-0.15, -0.1) is 13.2 Å². The smallest absolute Gasteiger partial charge is 0.454 e. The van der Waals surface area contributed by atoms with Crippen LogP contribution >= 0.6 is 0 Å². The van der Waals surface area contributed by atoms with Crippen molar-refractivity contribution in [3.63, 3.8) is 0 Å². The number of hydrogen-bond donors (Lipinski definition) is 0. The molecule has 0 N–H and O–H groups in total. The van der Waals surface area contributed by atoms with E-state index in [0.717, 1.165) is 42.5 Å². The molecule has 0 heterocycles. The Labute approximate surface area is 184 Å². The van der Waals surface area contributed by atoms with Crippen LogP contribution in [0.25, 0.3) is 11.6 Å². The second kappa shape index (κ2) is 9.81. The molecule has 3 aromatic carbocycles. The van der Waals surface area contributed by atoms with Crippen LogP contribution in [0.1, 0.15) is 11.1 Å². The highest BCUT2D eigenvalue weighted by Crippen LogP contribution is 2.35. The maximum atomic E-state index is 14.0. The number of para-hydroxylation sites is 1. The number of ether oxygens (including phenoxy) is 2. The molecule has 0 amide bonds. The van der Waals surface area contributed by atoms with Crippen molar-refractivity contribution in [2.24, 2.45) is 0 Å². The Bertz CT molecular complexity index is 1130. The minimum Gasteiger partial charge on any atom is -0.454 e. The van der Waals surface area contributed by atoms with E-state index in [1.165, 1.54) is 18.2 Å². The molecule has 0 aromatic heterocycles. The number of rotatable bonds is 6. The van der Waals surface area contributed by atoms with Gasteiger partial charge in [-0.1, -0.05) is 48.6 Å². The lowest BCUT2D eigenvalue weighted by Crippen LogP contribution is -2.17. The number of benzene rings is 3. The first-order chi connectivity index (χ1) is 15.5. The van der Waals surface area contributed by atoms with Crippen LogP contribution in [-0.4, -0.2) is 12.5 Å². The summed E-state index contributed by atoms with van der Waals surface area (Å²) in [4.78, 5) is 0. The molecule has 33 heavy (non-hydrogen) atoms. The van der Waals surface area contributed by atoms with Gasteiger partial charge in [-0.3, -0.25) is 0 Å². The molecule has 3 rings (SSSR count). The van der Waals surface area contributed by atoms with Gasteiger partial charge in [-0.25, -0.2) is 4.39 Å². The Morgan fingerprint density at radius 3 is 2.03 bits per heavy atom. The average Bonchev–Trinajstić information content (AvgIpc) is 2.73. The van der Waals surface area contributed by atoms with E-state index < -0.39 is 29.7 Å². The topological polar surface area (TPSA) is 18.5 Å². The van der Waals surface area contributed by atoms with E-state index in [0.29, 0.717) is 11.3 Å². The van der Waals surface area contributed by atoms with Crippen molar-refractivity contribution >= 4 is 11.6 Å². The Kier molecular flexibility index (Phi) is 7.10. The lowest BCUT2D eigenvalue weighted by atomic mass is 10.0. The van der Waals surface area contributed by atoms with Gasteiger partial charge in [-0.05, 0) is 53.6 Å². The van der Waals surface area contributed by atoms with Crippen molar-refractivity contribution in [3.8, 4) is 17.2 Å². The summed E-state index contributed by atoms with van der Waals surface area (Å²) in [5.41, 5.74) is -1.07. The lowest BCUT2D eigenvalue weighted by molar-refractivity contribution is -0.274. The summed E-state index contributed by atoms with van der Waals surface area (Å²) < 4.78 is 100. The van der Waals surface area contributed by atoms with E-state index in [1.54, 1.807) is 30.3 Å². The third-order valence-electron chi connectivity index (χ3n) is 4.18. The molecule has 172 valence electrons. The monoisotopic (exact) mass is 468 g/mol. The maximum absolute atomic E-state index is 14.0. The predicted molar refractivity (Wildman–Crippen MR) is 109 cm³/mol. The van der Waals surface area contributed by atoms with Crippen LogP contribution in [0.15, 0.2) is 84.9 Å². The fraction of sp³-hybridized carbons (Fsp3) is 0.0833. The molecular formula is C24H15F7O2.